The monoisotopic (exact) mass is 435 g/mol. The van der Waals surface area contributed by atoms with Crippen molar-refractivity contribution < 1.29 is 19.1 Å². The van der Waals surface area contributed by atoms with Gasteiger partial charge >= 0.3 is 7.60 Å². The van der Waals surface area contributed by atoms with Crippen molar-refractivity contribution in [2.45, 2.75) is 79.6 Å². The Balaban J connectivity index is 1.72. The first-order valence-corrected chi connectivity index (χ1v) is 13.2. The lowest BCUT2D eigenvalue weighted by molar-refractivity contribution is -0.127. The third-order valence-electron chi connectivity index (χ3n) is 8.96. The van der Waals surface area contributed by atoms with Gasteiger partial charge in [0.1, 0.15) is 0 Å². The first-order chi connectivity index (χ1) is 13.8. The third kappa shape index (κ3) is 3.55. The van der Waals surface area contributed by atoms with Crippen LogP contribution in [0.1, 0.15) is 79.6 Å². The number of amides is 1. The Hall–Kier alpha value is -0.900. The molecular formula is C24H38NO4P. The number of hydrogen-bond acceptors (Lipinski definition) is 2. The summed E-state index contributed by atoms with van der Waals surface area (Å²) in [5.41, 5.74) is -0.00259. The Kier molecular flexibility index (Phi) is 5.24. The van der Waals surface area contributed by atoms with E-state index in [-0.39, 0.29) is 22.6 Å². The van der Waals surface area contributed by atoms with Gasteiger partial charge in [0.2, 0.25) is 5.91 Å². The van der Waals surface area contributed by atoms with Crippen molar-refractivity contribution in [1.82, 2.24) is 5.32 Å². The van der Waals surface area contributed by atoms with Crippen LogP contribution in [0.4, 0.5) is 0 Å². The van der Waals surface area contributed by atoms with Crippen LogP contribution in [0.25, 0.3) is 0 Å². The average molecular weight is 436 g/mol. The molecule has 0 spiro atoms. The fraction of sp³-hybridized carbons (Fsp3) is 0.792. The summed E-state index contributed by atoms with van der Waals surface area (Å²) in [5, 5.41) is 2.89. The zero-order chi connectivity index (χ0) is 22.1. The summed E-state index contributed by atoms with van der Waals surface area (Å²) in [6.45, 7) is 10.2. The molecule has 5 nitrogen and oxygen atoms in total. The SMILES string of the molecule is CC(C)(C)C(=O)NC1=C[C@]2(C)C3CC[C@]4(C)CCCC4C3CC[C@H]2C=C1P(=O)(O)O. The standard InChI is InChI=1S/C24H38NO4P/c1-22(2,3)21(26)25-19-14-24(5)15(13-20(19)30(27,28)29)8-9-16-17-7-6-11-23(17,4)12-10-18(16)24/h13-18H,6-12H2,1-5H3,(H,25,26)(H2,27,28,29)/t15-,16?,17?,18?,23-,24-/m0/s1. The van der Waals surface area contributed by atoms with Crippen molar-refractivity contribution in [2.75, 3.05) is 0 Å². The Morgan fingerprint density at radius 3 is 2.43 bits per heavy atom. The highest BCUT2D eigenvalue weighted by atomic mass is 31.2. The van der Waals surface area contributed by atoms with Crippen molar-refractivity contribution in [3.05, 3.63) is 23.2 Å². The van der Waals surface area contributed by atoms with Gasteiger partial charge in [0.25, 0.3) is 0 Å². The molecule has 0 radical (unpaired) electrons. The lowest BCUT2D eigenvalue weighted by Crippen LogP contribution is -2.51. The highest BCUT2D eigenvalue weighted by Gasteiger charge is 2.57. The molecule has 3 N–H and O–H groups in total. The summed E-state index contributed by atoms with van der Waals surface area (Å²) in [6.07, 6.45) is 12.3. The fourth-order valence-corrected chi connectivity index (χ4v) is 8.03. The van der Waals surface area contributed by atoms with Crippen molar-refractivity contribution in [1.29, 1.82) is 0 Å². The van der Waals surface area contributed by atoms with Crippen LogP contribution in [0.5, 0.6) is 0 Å². The molecule has 6 atom stereocenters. The minimum Gasteiger partial charge on any atom is -0.325 e. The van der Waals surface area contributed by atoms with Gasteiger partial charge in [-0.25, -0.2) is 0 Å². The fourth-order valence-electron chi connectivity index (χ4n) is 7.22. The van der Waals surface area contributed by atoms with E-state index in [0.29, 0.717) is 22.9 Å². The normalized spacial score (nSPS) is 41.2. The van der Waals surface area contributed by atoms with Gasteiger partial charge in [-0.15, -0.1) is 0 Å². The lowest BCUT2D eigenvalue weighted by atomic mass is 9.47. The van der Waals surface area contributed by atoms with Crippen molar-refractivity contribution in [3.63, 3.8) is 0 Å². The van der Waals surface area contributed by atoms with E-state index in [1.807, 2.05) is 26.8 Å². The molecule has 0 saturated heterocycles. The molecular weight excluding hydrogens is 397 g/mol. The van der Waals surface area contributed by atoms with Crippen LogP contribution in [-0.4, -0.2) is 15.7 Å². The van der Waals surface area contributed by atoms with Gasteiger partial charge in [-0.05, 0) is 73.0 Å². The predicted molar refractivity (Wildman–Crippen MR) is 118 cm³/mol. The van der Waals surface area contributed by atoms with E-state index in [9.17, 15) is 19.1 Å². The van der Waals surface area contributed by atoms with E-state index >= 15 is 0 Å². The van der Waals surface area contributed by atoms with Gasteiger partial charge < -0.3 is 15.1 Å². The Bertz CT molecular complexity index is 850. The summed E-state index contributed by atoms with van der Waals surface area (Å²) in [5.74, 6) is 1.84. The molecule has 0 heterocycles. The molecule has 3 unspecified atom stereocenters. The zero-order valence-electron chi connectivity index (χ0n) is 19.1. The number of hydrogen-bond donors (Lipinski definition) is 3. The molecule has 4 rings (SSSR count). The van der Waals surface area contributed by atoms with Gasteiger partial charge in [-0.3, -0.25) is 9.36 Å². The Morgan fingerprint density at radius 2 is 1.80 bits per heavy atom. The molecule has 0 aromatic carbocycles. The maximum atomic E-state index is 12.7. The van der Waals surface area contributed by atoms with E-state index in [2.05, 4.69) is 19.2 Å². The first kappa shape index (κ1) is 22.3. The molecule has 3 saturated carbocycles. The molecule has 0 bridgehead atoms. The summed E-state index contributed by atoms with van der Waals surface area (Å²) < 4.78 is 12.3. The minimum atomic E-state index is -4.49. The van der Waals surface area contributed by atoms with Crippen LogP contribution in [0.2, 0.25) is 0 Å². The summed E-state index contributed by atoms with van der Waals surface area (Å²) in [6, 6.07) is 0. The molecule has 168 valence electrons. The number of carbonyl (C=O) groups excluding carboxylic acids is 1. The van der Waals surface area contributed by atoms with Crippen molar-refractivity contribution in [3.8, 4) is 0 Å². The molecule has 6 heteroatoms. The second-order valence-corrected chi connectivity index (χ2v) is 13.4. The van der Waals surface area contributed by atoms with Gasteiger partial charge in [0.05, 0.1) is 11.0 Å². The molecule has 4 aliphatic carbocycles. The molecule has 0 aromatic heterocycles. The Labute approximate surface area is 180 Å². The summed E-state index contributed by atoms with van der Waals surface area (Å²) >= 11 is 0. The number of rotatable bonds is 2. The highest BCUT2D eigenvalue weighted by Crippen LogP contribution is 2.66. The molecule has 1 amide bonds. The maximum absolute atomic E-state index is 12.7. The Morgan fingerprint density at radius 1 is 1.10 bits per heavy atom. The summed E-state index contributed by atoms with van der Waals surface area (Å²) in [4.78, 5) is 32.8. The molecule has 0 aromatic rings. The van der Waals surface area contributed by atoms with Crippen LogP contribution in [-0.2, 0) is 9.36 Å². The predicted octanol–water partition coefficient (Wildman–Crippen LogP) is 5.36. The van der Waals surface area contributed by atoms with Gasteiger partial charge in [0.15, 0.2) is 0 Å². The van der Waals surface area contributed by atoms with Gasteiger partial charge in [-0.1, -0.05) is 53.2 Å². The second kappa shape index (κ2) is 7.05. The second-order valence-electron chi connectivity index (χ2n) is 11.9. The van der Waals surface area contributed by atoms with Gasteiger partial charge in [-0.2, -0.15) is 0 Å². The highest BCUT2D eigenvalue weighted by molar-refractivity contribution is 7.56. The van der Waals surface area contributed by atoms with E-state index < -0.39 is 13.0 Å². The molecule has 3 fully saturated rings. The van der Waals surface area contributed by atoms with E-state index in [4.69, 9.17) is 0 Å². The zero-order valence-corrected chi connectivity index (χ0v) is 20.0. The third-order valence-corrected chi connectivity index (χ3v) is 9.98. The van der Waals surface area contributed by atoms with Gasteiger partial charge in [0, 0.05) is 5.41 Å². The van der Waals surface area contributed by atoms with Crippen LogP contribution in [0.3, 0.4) is 0 Å². The van der Waals surface area contributed by atoms with Crippen LogP contribution in [0.15, 0.2) is 23.2 Å². The molecule has 0 aliphatic heterocycles. The van der Waals surface area contributed by atoms with Crippen LogP contribution >= 0.6 is 7.60 Å². The molecule has 30 heavy (non-hydrogen) atoms. The van der Waals surface area contributed by atoms with Crippen molar-refractivity contribution in [2.24, 2.45) is 39.9 Å². The topological polar surface area (TPSA) is 86.6 Å². The number of fused-ring (bicyclic) bond motifs is 5. The number of carbonyl (C=O) groups is 1. The number of allylic oxidation sites excluding steroid dienone is 3. The van der Waals surface area contributed by atoms with E-state index in [0.717, 1.165) is 18.8 Å². The maximum Gasteiger partial charge on any atom is 0.357 e. The smallest absolute Gasteiger partial charge is 0.325 e. The lowest BCUT2D eigenvalue weighted by Gasteiger charge is -2.58. The first-order valence-electron chi connectivity index (χ1n) is 11.6. The largest absolute Gasteiger partial charge is 0.357 e. The minimum absolute atomic E-state index is 0.00235. The average Bonchev–Trinajstić information content (AvgIpc) is 3.00. The van der Waals surface area contributed by atoms with Crippen LogP contribution in [0, 0.1) is 39.9 Å². The quantitative estimate of drug-likeness (QED) is 0.510. The van der Waals surface area contributed by atoms with E-state index in [1.165, 1.54) is 32.1 Å². The van der Waals surface area contributed by atoms with E-state index in [1.54, 1.807) is 6.08 Å². The van der Waals surface area contributed by atoms with Crippen molar-refractivity contribution >= 4 is 13.5 Å². The number of nitrogens with one attached hydrogen (secondary N) is 1. The van der Waals surface area contributed by atoms with Crippen LogP contribution < -0.4 is 5.32 Å². The molecule has 4 aliphatic rings. The summed E-state index contributed by atoms with van der Waals surface area (Å²) in [7, 11) is -4.49.